The van der Waals surface area contributed by atoms with Crippen LogP contribution in [-0.2, 0) is 6.18 Å². The van der Waals surface area contributed by atoms with Gasteiger partial charge in [0.1, 0.15) is 0 Å². The smallest absolute Gasteiger partial charge is 0.166 e. The van der Waals surface area contributed by atoms with Crippen LogP contribution < -0.4 is 0 Å². The Balaban J connectivity index is 2.12. The van der Waals surface area contributed by atoms with Crippen molar-refractivity contribution < 1.29 is 13.2 Å². The Hall–Kier alpha value is -0.990. The van der Waals surface area contributed by atoms with Crippen LogP contribution in [0.15, 0.2) is 18.2 Å². The third-order valence-corrected chi connectivity index (χ3v) is 4.71. The lowest BCUT2D eigenvalue weighted by molar-refractivity contribution is -0.137. The van der Waals surface area contributed by atoms with Crippen molar-refractivity contribution in [3.8, 4) is 0 Å². The quantitative estimate of drug-likeness (QED) is 0.616. The van der Waals surface area contributed by atoms with Gasteiger partial charge in [0.25, 0.3) is 0 Å². The highest BCUT2D eigenvalue weighted by Crippen LogP contribution is 2.64. The van der Waals surface area contributed by atoms with E-state index in [0.29, 0.717) is 11.8 Å². The molecule has 1 saturated carbocycles. The number of rotatable bonds is 0. The Morgan fingerprint density at radius 2 is 1.65 bits per heavy atom. The van der Waals surface area contributed by atoms with Crippen LogP contribution in [0.5, 0.6) is 0 Å². The first-order valence-corrected chi connectivity index (χ1v) is 6.03. The van der Waals surface area contributed by atoms with E-state index in [0.717, 1.165) is 24.0 Å². The Bertz CT molecular complexity index is 471. The first-order chi connectivity index (χ1) is 7.82. The van der Waals surface area contributed by atoms with Crippen molar-refractivity contribution in [2.24, 2.45) is 5.41 Å². The molecule has 0 heterocycles. The zero-order valence-corrected chi connectivity index (χ0v) is 9.93. The van der Waals surface area contributed by atoms with Crippen LogP contribution in [0.3, 0.4) is 0 Å². The molecular weight excluding hydrogens is 225 g/mol. The maximum Gasteiger partial charge on any atom is 0.416 e. The minimum Gasteiger partial charge on any atom is -0.166 e. The van der Waals surface area contributed by atoms with Gasteiger partial charge in [0.15, 0.2) is 0 Å². The van der Waals surface area contributed by atoms with Gasteiger partial charge < -0.3 is 0 Å². The van der Waals surface area contributed by atoms with Crippen molar-refractivity contribution in [2.45, 2.75) is 44.7 Å². The minimum atomic E-state index is -4.22. The Morgan fingerprint density at radius 1 is 1.06 bits per heavy atom. The van der Waals surface area contributed by atoms with E-state index >= 15 is 0 Å². The summed E-state index contributed by atoms with van der Waals surface area (Å²) in [6.07, 6.45) is -2.07. The Labute approximate surface area is 98.8 Å². The van der Waals surface area contributed by atoms with Crippen LogP contribution in [-0.4, -0.2) is 0 Å². The van der Waals surface area contributed by atoms with Gasteiger partial charge in [-0.2, -0.15) is 13.2 Å². The highest BCUT2D eigenvalue weighted by molar-refractivity contribution is 5.47. The summed E-state index contributed by atoms with van der Waals surface area (Å²) in [4.78, 5) is 0. The van der Waals surface area contributed by atoms with E-state index in [4.69, 9.17) is 0 Å². The van der Waals surface area contributed by atoms with E-state index in [9.17, 15) is 13.2 Å². The summed E-state index contributed by atoms with van der Waals surface area (Å²) in [6.45, 7) is 4.37. The second-order valence-electron chi connectivity index (χ2n) is 5.85. The molecule has 0 spiro atoms. The van der Waals surface area contributed by atoms with Gasteiger partial charge in [0.2, 0.25) is 0 Å². The van der Waals surface area contributed by atoms with Crippen LogP contribution in [0.25, 0.3) is 0 Å². The number of fused-ring (bicyclic) bond motifs is 5. The second kappa shape index (κ2) is 3.06. The van der Waals surface area contributed by atoms with Crippen molar-refractivity contribution in [2.75, 3.05) is 0 Å². The molecule has 0 nitrogen and oxygen atoms in total. The molecule has 1 aromatic carbocycles. The second-order valence-corrected chi connectivity index (χ2v) is 5.85. The van der Waals surface area contributed by atoms with Gasteiger partial charge in [0, 0.05) is 0 Å². The molecule has 92 valence electrons. The standard InChI is InChI=1S/C14H15F3/c1-13(2)11-5-6-12(13)10-7-8(14(15,16)17)3-4-9(10)11/h3-4,7,11-12H,5-6H2,1-2H3. The van der Waals surface area contributed by atoms with Gasteiger partial charge in [-0.05, 0) is 53.4 Å². The van der Waals surface area contributed by atoms with Crippen molar-refractivity contribution >= 4 is 0 Å². The van der Waals surface area contributed by atoms with E-state index in [-0.39, 0.29) is 5.41 Å². The highest BCUT2D eigenvalue weighted by atomic mass is 19.4. The molecule has 1 fully saturated rings. The van der Waals surface area contributed by atoms with Crippen molar-refractivity contribution in [1.29, 1.82) is 0 Å². The first-order valence-electron chi connectivity index (χ1n) is 6.03. The number of hydrogen-bond acceptors (Lipinski definition) is 0. The average molecular weight is 240 g/mol. The summed E-state index contributed by atoms with van der Waals surface area (Å²) < 4.78 is 38.1. The van der Waals surface area contributed by atoms with E-state index in [1.54, 1.807) is 6.07 Å². The first kappa shape index (κ1) is 11.1. The van der Waals surface area contributed by atoms with Crippen molar-refractivity contribution in [3.05, 3.63) is 34.9 Å². The highest BCUT2D eigenvalue weighted by Gasteiger charge is 2.51. The molecule has 2 aliphatic carbocycles. The normalized spacial score (nSPS) is 29.5. The molecule has 0 aliphatic heterocycles. The number of benzene rings is 1. The molecule has 3 rings (SSSR count). The van der Waals surface area contributed by atoms with Crippen molar-refractivity contribution in [3.63, 3.8) is 0 Å². The molecule has 2 unspecified atom stereocenters. The van der Waals surface area contributed by atoms with Crippen LogP contribution >= 0.6 is 0 Å². The topological polar surface area (TPSA) is 0 Å². The molecule has 2 atom stereocenters. The van der Waals surface area contributed by atoms with Gasteiger partial charge in [-0.15, -0.1) is 0 Å². The lowest BCUT2D eigenvalue weighted by Crippen LogP contribution is -2.14. The fraction of sp³-hybridized carbons (Fsp3) is 0.571. The van der Waals surface area contributed by atoms with Gasteiger partial charge in [-0.3, -0.25) is 0 Å². The summed E-state index contributed by atoms with van der Waals surface area (Å²) in [5.41, 5.74) is 1.73. The van der Waals surface area contributed by atoms with Gasteiger partial charge in [-0.1, -0.05) is 19.9 Å². The molecule has 2 aliphatic rings. The molecule has 0 saturated heterocycles. The lowest BCUT2D eigenvalue weighted by Gasteiger charge is -2.24. The summed E-state index contributed by atoms with van der Waals surface area (Å²) in [6, 6.07) is 4.31. The fourth-order valence-electron chi connectivity index (χ4n) is 3.80. The SMILES string of the molecule is CC1(C)C2CCC1c1cc(C(F)(F)F)ccc12. The molecule has 2 bridgehead atoms. The molecule has 0 aromatic heterocycles. The van der Waals surface area contributed by atoms with Crippen LogP contribution in [0, 0.1) is 5.41 Å². The maximum atomic E-state index is 12.7. The third-order valence-electron chi connectivity index (χ3n) is 4.71. The number of halogens is 3. The third kappa shape index (κ3) is 1.37. The molecule has 0 amide bonds. The van der Waals surface area contributed by atoms with Crippen LogP contribution in [0.2, 0.25) is 0 Å². The molecule has 0 N–H and O–H groups in total. The maximum absolute atomic E-state index is 12.7. The molecule has 1 aromatic rings. The van der Waals surface area contributed by atoms with E-state index in [1.165, 1.54) is 12.1 Å². The Morgan fingerprint density at radius 3 is 2.24 bits per heavy atom. The van der Waals surface area contributed by atoms with Crippen molar-refractivity contribution in [1.82, 2.24) is 0 Å². The summed E-state index contributed by atoms with van der Waals surface area (Å²) in [5.74, 6) is 0.759. The Kier molecular flexibility index (Phi) is 2.00. The summed E-state index contributed by atoms with van der Waals surface area (Å²) in [5, 5.41) is 0. The zero-order valence-electron chi connectivity index (χ0n) is 9.93. The molecule has 17 heavy (non-hydrogen) atoms. The molecular formula is C14H15F3. The van der Waals surface area contributed by atoms with Gasteiger partial charge in [0.05, 0.1) is 5.56 Å². The summed E-state index contributed by atoms with van der Waals surface area (Å²) >= 11 is 0. The monoisotopic (exact) mass is 240 g/mol. The summed E-state index contributed by atoms with van der Waals surface area (Å²) in [7, 11) is 0. The van der Waals surface area contributed by atoms with E-state index in [1.807, 2.05) is 0 Å². The predicted octanol–water partition coefficient (Wildman–Crippen LogP) is 4.71. The van der Waals surface area contributed by atoms with E-state index < -0.39 is 11.7 Å². The zero-order chi connectivity index (χ0) is 12.4. The van der Waals surface area contributed by atoms with Gasteiger partial charge >= 0.3 is 6.18 Å². The molecule has 3 heteroatoms. The molecule has 0 radical (unpaired) electrons. The van der Waals surface area contributed by atoms with E-state index in [2.05, 4.69) is 13.8 Å². The van der Waals surface area contributed by atoms with Crippen LogP contribution in [0.4, 0.5) is 13.2 Å². The van der Waals surface area contributed by atoms with Gasteiger partial charge in [-0.25, -0.2) is 0 Å². The average Bonchev–Trinajstić information content (AvgIpc) is 2.64. The lowest BCUT2D eigenvalue weighted by atomic mass is 9.80. The fourth-order valence-corrected chi connectivity index (χ4v) is 3.80. The number of hydrogen-bond donors (Lipinski definition) is 0. The van der Waals surface area contributed by atoms with Crippen LogP contribution in [0.1, 0.15) is 55.2 Å². The largest absolute Gasteiger partial charge is 0.416 e. The minimum absolute atomic E-state index is 0.132. The predicted molar refractivity (Wildman–Crippen MR) is 59.9 cm³/mol. The number of alkyl halides is 3.